The number of amides is 1. The lowest BCUT2D eigenvalue weighted by Gasteiger charge is -2.34. The molecule has 2 aliphatic rings. The summed E-state index contributed by atoms with van der Waals surface area (Å²) in [6.07, 6.45) is 4.56. The lowest BCUT2D eigenvalue weighted by molar-refractivity contribution is -0.132. The van der Waals surface area contributed by atoms with Gasteiger partial charge in [0.25, 0.3) is 0 Å². The molecule has 144 valence electrons. The van der Waals surface area contributed by atoms with Gasteiger partial charge in [0.1, 0.15) is 0 Å². The van der Waals surface area contributed by atoms with Crippen LogP contribution in [0.1, 0.15) is 25.7 Å². The molecule has 2 saturated heterocycles. The van der Waals surface area contributed by atoms with Crippen molar-refractivity contribution >= 4 is 27.5 Å². The normalized spacial score (nSPS) is 20.7. The van der Waals surface area contributed by atoms with Gasteiger partial charge in [-0.1, -0.05) is 30.5 Å². The molecule has 0 aliphatic carbocycles. The molecule has 0 bridgehead atoms. The molecule has 2 fully saturated rings. The first kappa shape index (κ1) is 19.6. The van der Waals surface area contributed by atoms with Crippen LogP contribution in [-0.4, -0.2) is 74.2 Å². The van der Waals surface area contributed by atoms with E-state index < -0.39 is 10.0 Å². The van der Waals surface area contributed by atoms with E-state index >= 15 is 0 Å². The molecule has 0 aromatic heterocycles. The number of nitrogens with zero attached hydrogens (tertiary/aromatic N) is 3. The van der Waals surface area contributed by atoms with Crippen LogP contribution >= 0.6 is 11.6 Å². The fraction of sp³-hybridized carbons (Fsp3) is 0.611. The molecule has 0 spiro atoms. The smallest absolute Gasteiger partial charge is 0.243 e. The molecule has 2 heterocycles. The highest BCUT2D eigenvalue weighted by Crippen LogP contribution is 2.21. The Morgan fingerprint density at radius 3 is 2.23 bits per heavy atom. The minimum atomic E-state index is -3.53. The molecule has 0 N–H and O–H groups in total. The minimum absolute atomic E-state index is 0.165. The number of carbonyl (C=O) groups excluding carboxylic acids is 1. The molecule has 1 aromatic carbocycles. The molecule has 0 atom stereocenters. The zero-order valence-electron chi connectivity index (χ0n) is 14.9. The Labute approximate surface area is 160 Å². The van der Waals surface area contributed by atoms with E-state index in [0.29, 0.717) is 37.7 Å². The fourth-order valence-electron chi connectivity index (χ4n) is 3.52. The van der Waals surface area contributed by atoms with Crippen LogP contribution in [0.15, 0.2) is 29.2 Å². The van der Waals surface area contributed by atoms with Crippen LogP contribution in [-0.2, 0) is 14.8 Å². The number of piperazine rings is 1. The van der Waals surface area contributed by atoms with Crippen LogP contribution in [0.3, 0.4) is 0 Å². The monoisotopic (exact) mass is 399 g/mol. The molecule has 0 saturated carbocycles. The maximum atomic E-state index is 12.7. The second-order valence-electron chi connectivity index (χ2n) is 6.93. The largest absolute Gasteiger partial charge is 0.342 e. The zero-order valence-corrected chi connectivity index (χ0v) is 16.5. The number of likely N-dealkylation sites (tertiary alicyclic amines) is 1. The summed E-state index contributed by atoms with van der Waals surface area (Å²) in [5.41, 5.74) is 0. The molecule has 0 unspecified atom stereocenters. The van der Waals surface area contributed by atoms with E-state index in [4.69, 9.17) is 11.6 Å². The van der Waals surface area contributed by atoms with Crippen molar-refractivity contribution in [1.82, 2.24) is 14.1 Å². The maximum Gasteiger partial charge on any atom is 0.243 e. The Bertz CT molecular complexity index is 725. The van der Waals surface area contributed by atoms with Crippen molar-refractivity contribution < 1.29 is 13.2 Å². The Morgan fingerprint density at radius 2 is 1.62 bits per heavy atom. The van der Waals surface area contributed by atoms with Gasteiger partial charge in [-0.3, -0.25) is 9.69 Å². The third kappa shape index (κ3) is 4.76. The van der Waals surface area contributed by atoms with Crippen molar-refractivity contribution in [2.45, 2.75) is 30.6 Å². The number of sulfonamides is 1. The number of carbonyl (C=O) groups is 1. The van der Waals surface area contributed by atoms with Crippen LogP contribution in [0.2, 0.25) is 5.02 Å². The van der Waals surface area contributed by atoms with Gasteiger partial charge in [0.2, 0.25) is 15.9 Å². The van der Waals surface area contributed by atoms with Gasteiger partial charge in [0, 0.05) is 44.3 Å². The van der Waals surface area contributed by atoms with Crippen molar-refractivity contribution in [1.29, 1.82) is 0 Å². The summed E-state index contributed by atoms with van der Waals surface area (Å²) in [6, 6.07) is 6.35. The van der Waals surface area contributed by atoms with E-state index in [1.54, 1.807) is 18.2 Å². The Balaban J connectivity index is 1.54. The van der Waals surface area contributed by atoms with Crippen molar-refractivity contribution in [2.75, 3.05) is 45.8 Å². The number of rotatable bonds is 4. The first-order valence-corrected chi connectivity index (χ1v) is 11.0. The van der Waals surface area contributed by atoms with Gasteiger partial charge in [0.05, 0.1) is 11.4 Å². The van der Waals surface area contributed by atoms with E-state index in [2.05, 4.69) is 4.90 Å². The summed E-state index contributed by atoms with van der Waals surface area (Å²) in [6.45, 7) is 4.00. The van der Waals surface area contributed by atoms with Gasteiger partial charge >= 0.3 is 0 Å². The first-order valence-electron chi connectivity index (χ1n) is 9.23. The van der Waals surface area contributed by atoms with E-state index in [0.717, 1.165) is 25.9 Å². The van der Waals surface area contributed by atoms with Crippen LogP contribution in [0.5, 0.6) is 0 Å². The lowest BCUT2D eigenvalue weighted by atomic mass is 10.2. The maximum absolute atomic E-state index is 12.7. The van der Waals surface area contributed by atoms with E-state index in [1.165, 1.54) is 23.2 Å². The van der Waals surface area contributed by atoms with Crippen LogP contribution in [0, 0.1) is 0 Å². The summed E-state index contributed by atoms with van der Waals surface area (Å²) in [7, 11) is -3.53. The Hall–Kier alpha value is -1.15. The lowest BCUT2D eigenvalue weighted by Crippen LogP contribution is -2.51. The zero-order chi connectivity index (χ0) is 18.6. The summed E-state index contributed by atoms with van der Waals surface area (Å²) in [4.78, 5) is 16.7. The van der Waals surface area contributed by atoms with Crippen molar-refractivity contribution in [3.63, 3.8) is 0 Å². The fourth-order valence-corrected chi connectivity index (χ4v) is 5.24. The molecule has 26 heavy (non-hydrogen) atoms. The number of hydrogen-bond acceptors (Lipinski definition) is 4. The summed E-state index contributed by atoms with van der Waals surface area (Å²) >= 11 is 5.92. The second-order valence-corrected chi connectivity index (χ2v) is 9.31. The topological polar surface area (TPSA) is 60.9 Å². The van der Waals surface area contributed by atoms with Gasteiger partial charge in [-0.15, -0.1) is 0 Å². The molecule has 1 aromatic rings. The minimum Gasteiger partial charge on any atom is -0.342 e. The highest BCUT2D eigenvalue weighted by Gasteiger charge is 2.29. The van der Waals surface area contributed by atoms with Crippen molar-refractivity contribution in [3.05, 3.63) is 29.3 Å². The van der Waals surface area contributed by atoms with Gasteiger partial charge in [0.15, 0.2) is 0 Å². The highest BCUT2D eigenvalue weighted by molar-refractivity contribution is 7.89. The molecule has 3 rings (SSSR count). The molecule has 2 aliphatic heterocycles. The highest BCUT2D eigenvalue weighted by atomic mass is 35.5. The second kappa shape index (κ2) is 8.69. The molecule has 0 radical (unpaired) electrons. The van der Waals surface area contributed by atoms with Crippen molar-refractivity contribution in [2.24, 2.45) is 0 Å². The number of benzene rings is 1. The molecule has 8 heteroatoms. The van der Waals surface area contributed by atoms with E-state index in [9.17, 15) is 13.2 Å². The van der Waals surface area contributed by atoms with Gasteiger partial charge in [-0.2, -0.15) is 4.31 Å². The molecule has 6 nitrogen and oxygen atoms in total. The SMILES string of the molecule is O=C(CN1CCN(S(=O)(=O)c2cccc(Cl)c2)CC1)N1CCCCCC1. The first-order chi connectivity index (χ1) is 12.5. The van der Waals surface area contributed by atoms with Gasteiger partial charge in [-0.05, 0) is 31.0 Å². The van der Waals surface area contributed by atoms with Crippen molar-refractivity contribution in [3.8, 4) is 0 Å². The third-order valence-electron chi connectivity index (χ3n) is 5.08. The Kier molecular flexibility index (Phi) is 6.55. The predicted octanol–water partition coefficient (Wildman–Crippen LogP) is 2.05. The standard InChI is InChI=1S/C18H26ClN3O3S/c19-16-6-5-7-17(14-16)26(24,25)22-12-10-20(11-13-22)15-18(23)21-8-3-1-2-4-9-21/h5-7,14H,1-4,8-13,15H2. The average Bonchev–Trinajstić information content (AvgIpc) is 2.92. The van der Waals surface area contributed by atoms with Gasteiger partial charge < -0.3 is 4.90 Å². The average molecular weight is 400 g/mol. The summed E-state index contributed by atoms with van der Waals surface area (Å²) < 4.78 is 26.9. The quantitative estimate of drug-likeness (QED) is 0.777. The van der Waals surface area contributed by atoms with E-state index in [-0.39, 0.29) is 10.8 Å². The van der Waals surface area contributed by atoms with E-state index in [1.807, 2.05) is 4.90 Å². The van der Waals surface area contributed by atoms with Crippen LogP contribution < -0.4 is 0 Å². The van der Waals surface area contributed by atoms with Crippen LogP contribution in [0.25, 0.3) is 0 Å². The number of halogens is 1. The number of hydrogen-bond donors (Lipinski definition) is 0. The molecule has 1 amide bonds. The van der Waals surface area contributed by atoms with Gasteiger partial charge in [-0.25, -0.2) is 8.42 Å². The summed E-state index contributed by atoms with van der Waals surface area (Å²) in [5, 5.41) is 0.410. The molecular formula is C18H26ClN3O3S. The molecular weight excluding hydrogens is 374 g/mol. The predicted molar refractivity (Wildman–Crippen MR) is 102 cm³/mol. The summed E-state index contributed by atoms with van der Waals surface area (Å²) in [5.74, 6) is 0.165. The third-order valence-corrected chi connectivity index (χ3v) is 7.21. The Morgan fingerprint density at radius 1 is 0.962 bits per heavy atom. The van der Waals surface area contributed by atoms with Crippen LogP contribution in [0.4, 0.5) is 0 Å².